The van der Waals surface area contributed by atoms with Crippen LogP contribution in [0.15, 0.2) is 53.3 Å². The summed E-state index contributed by atoms with van der Waals surface area (Å²) in [7, 11) is 0. The standard InChI is InChI=1S/C18H17FN4O2/c1-2-22(14-9-7-13(19)8-10-14)17(24)11-12-23-18(25)15-5-3-4-6-16(15)20-21-23/h3-10H,2,11-12H2,1H3. The first-order chi connectivity index (χ1) is 12.1. The van der Waals surface area contributed by atoms with Crippen molar-refractivity contribution in [1.82, 2.24) is 15.0 Å². The van der Waals surface area contributed by atoms with E-state index < -0.39 is 0 Å². The molecule has 0 fully saturated rings. The van der Waals surface area contributed by atoms with Gasteiger partial charge in [-0.2, -0.15) is 0 Å². The zero-order valence-corrected chi connectivity index (χ0v) is 13.7. The van der Waals surface area contributed by atoms with Crippen molar-refractivity contribution in [3.05, 3.63) is 64.7 Å². The fourth-order valence-electron chi connectivity index (χ4n) is 2.63. The second-order valence-corrected chi connectivity index (χ2v) is 5.50. The Morgan fingerprint density at radius 3 is 2.60 bits per heavy atom. The zero-order valence-electron chi connectivity index (χ0n) is 13.7. The lowest BCUT2D eigenvalue weighted by Gasteiger charge is -2.21. The molecule has 6 nitrogen and oxygen atoms in total. The van der Waals surface area contributed by atoms with Gasteiger partial charge in [0.15, 0.2) is 0 Å². The van der Waals surface area contributed by atoms with Gasteiger partial charge in [0.2, 0.25) is 5.91 Å². The summed E-state index contributed by atoms with van der Waals surface area (Å²) in [6.45, 7) is 2.42. The molecule has 3 rings (SSSR count). The molecule has 0 aliphatic carbocycles. The number of benzene rings is 2. The lowest BCUT2D eigenvalue weighted by Crippen LogP contribution is -2.33. The molecule has 1 aromatic heterocycles. The van der Waals surface area contributed by atoms with Crippen molar-refractivity contribution in [2.45, 2.75) is 19.9 Å². The van der Waals surface area contributed by atoms with Crippen LogP contribution in [0, 0.1) is 5.82 Å². The van der Waals surface area contributed by atoms with Gasteiger partial charge in [0.05, 0.1) is 11.9 Å². The number of hydrogen-bond donors (Lipinski definition) is 0. The van der Waals surface area contributed by atoms with Gasteiger partial charge in [-0.1, -0.05) is 17.3 Å². The lowest BCUT2D eigenvalue weighted by atomic mass is 10.2. The monoisotopic (exact) mass is 340 g/mol. The Bertz CT molecular complexity index is 953. The molecule has 25 heavy (non-hydrogen) atoms. The number of anilines is 1. The highest BCUT2D eigenvalue weighted by atomic mass is 19.1. The fraction of sp³-hybridized carbons (Fsp3) is 0.222. The Morgan fingerprint density at radius 1 is 1.16 bits per heavy atom. The third kappa shape index (κ3) is 3.55. The third-order valence-electron chi connectivity index (χ3n) is 3.92. The Kier molecular flexibility index (Phi) is 4.83. The van der Waals surface area contributed by atoms with E-state index in [9.17, 15) is 14.0 Å². The molecule has 2 aromatic carbocycles. The number of fused-ring (bicyclic) bond motifs is 1. The normalized spacial score (nSPS) is 10.8. The van der Waals surface area contributed by atoms with E-state index in [1.165, 1.54) is 16.8 Å². The molecular formula is C18H17FN4O2. The Morgan fingerprint density at radius 2 is 1.88 bits per heavy atom. The summed E-state index contributed by atoms with van der Waals surface area (Å²) in [5.74, 6) is -0.527. The first-order valence-electron chi connectivity index (χ1n) is 7.98. The van der Waals surface area contributed by atoms with Crippen LogP contribution in [0.2, 0.25) is 0 Å². The Hall–Kier alpha value is -3.09. The van der Waals surface area contributed by atoms with Crippen molar-refractivity contribution in [1.29, 1.82) is 0 Å². The molecule has 0 saturated carbocycles. The predicted octanol–water partition coefficient (Wildman–Crippen LogP) is 2.37. The van der Waals surface area contributed by atoms with E-state index in [0.717, 1.165) is 0 Å². The van der Waals surface area contributed by atoms with Crippen LogP contribution in [0.3, 0.4) is 0 Å². The fourth-order valence-corrected chi connectivity index (χ4v) is 2.63. The average molecular weight is 340 g/mol. The number of carbonyl (C=O) groups is 1. The van der Waals surface area contributed by atoms with Crippen LogP contribution >= 0.6 is 0 Å². The molecular weight excluding hydrogens is 323 g/mol. The molecule has 3 aromatic rings. The number of aryl methyl sites for hydroxylation is 1. The summed E-state index contributed by atoms with van der Waals surface area (Å²) >= 11 is 0. The summed E-state index contributed by atoms with van der Waals surface area (Å²) in [6.07, 6.45) is 0.0954. The third-order valence-corrected chi connectivity index (χ3v) is 3.92. The maximum Gasteiger partial charge on any atom is 0.277 e. The number of rotatable bonds is 5. The number of aromatic nitrogens is 3. The van der Waals surface area contributed by atoms with Gasteiger partial charge < -0.3 is 4.90 Å². The smallest absolute Gasteiger partial charge is 0.277 e. The first kappa shape index (κ1) is 16.8. The summed E-state index contributed by atoms with van der Waals surface area (Å²) in [4.78, 5) is 26.4. The van der Waals surface area contributed by atoms with Gasteiger partial charge in [0.1, 0.15) is 11.3 Å². The van der Waals surface area contributed by atoms with Crippen molar-refractivity contribution in [2.24, 2.45) is 0 Å². The van der Waals surface area contributed by atoms with Crippen LogP contribution in [0.1, 0.15) is 13.3 Å². The van der Waals surface area contributed by atoms with Crippen molar-refractivity contribution in [3.63, 3.8) is 0 Å². The molecule has 1 amide bonds. The highest BCUT2D eigenvalue weighted by Gasteiger charge is 2.15. The van der Waals surface area contributed by atoms with Gasteiger partial charge in [0, 0.05) is 18.7 Å². The second-order valence-electron chi connectivity index (χ2n) is 5.50. The molecule has 0 bridgehead atoms. The topological polar surface area (TPSA) is 68.1 Å². The van der Waals surface area contributed by atoms with Gasteiger partial charge in [0.25, 0.3) is 5.56 Å². The molecule has 7 heteroatoms. The summed E-state index contributed by atoms with van der Waals surface area (Å²) in [5, 5.41) is 8.35. The van der Waals surface area contributed by atoms with Crippen molar-refractivity contribution >= 4 is 22.5 Å². The SMILES string of the molecule is CCN(C(=O)CCn1nnc2ccccc2c1=O)c1ccc(F)cc1. The number of amides is 1. The lowest BCUT2D eigenvalue weighted by molar-refractivity contribution is -0.118. The molecule has 128 valence electrons. The molecule has 0 spiro atoms. The van der Waals surface area contributed by atoms with Crippen LogP contribution in [0.25, 0.3) is 10.9 Å². The highest BCUT2D eigenvalue weighted by Crippen LogP contribution is 2.16. The first-order valence-corrected chi connectivity index (χ1v) is 7.98. The van der Waals surface area contributed by atoms with Gasteiger partial charge in [-0.25, -0.2) is 9.07 Å². The molecule has 0 radical (unpaired) electrons. The van der Waals surface area contributed by atoms with E-state index in [1.807, 2.05) is 6.92 Å². The van der Waals surface area contributed by atoms with E-state index in [2.05, 4.69) is 10.3 Å². The maximum absolute atomic E-state index is 13.0. The quantitative estimate of drug-likeness (QED) is 0.715. The molecule has 0 N–H and O–H groups in total. The van der Waals surface area contributed by atoms with Crippen molar-refractivity contribution < 1.29 is 9.18 Å². The maximum atomic E-state index is 13.0. The van der Waals surface area contributed by atoms with E-state index in [-0.39, 0.29) is 30.2 Å². The zero-order chi connectivity index (χ0) is 17.8. The molecule has 1 heterocycles. The number of nitrogens with zero attached hydrogens (tertiary/aromatic N) is 4. The molecule has 0 unspecified atom stereocenters. The largest absolute Gasteiger partial charge is 0.313 e. The molecule has 0 aliphatic rings. The van der Waals surface area contributed by atoms with Gasteiger partial charge >= 0.3 is 0 Å². The molecule has 0 saturated heterocycles. The predicted molar refractivity (Wildman–Crippen MR) is 92.8 cm³/mol. The van der Waals surface area contributed by atoms with Crippen LogP contribution in [-0.4, -0.2) is 27.4 Å². The number of halogens is 1. The Labute approximate surface area is 143 Å². The minimum atomic E-state index is -0.356. The van der Waals surface area contributed by atoms with E-state index in [1.54, 1.807) is 41.3 Å². The minimum absolute atomic E-state index is 0.0954. The van der Waals surface area contributed by atoms with Gasteiger partial charge in [-0.3, -0.25) is 9.59 Å². The molecule has 0 aliphatic heterocycles. The summed E-state index contributed by atoms with van der Waals surface area (Å²) in [6, 6.07) is 12.7. The van der Waals surface area contributed by atoms with Gasteiger partial charge in [-0.05, 0) is 43.3 Å². The van der Waals surface area contributed by atoms with Crippen molar-refractivity contribution in [3.8, 4) is 0 Å². The number of hydrogen-bond acceptors (Lipinski definition) is 4. The van der Waals surface area contributed by atoms with E-state index in [0.29, 0.717) is 23.1 Å². The van der Waals surface area contributed by atoms with E-state index >= 15 is 0 Å². The second kappa shape index (κ2) is 7.21. The average Bonchev–Trinajstić information content (AvgIpc) is 2.63. The van der Waals surface area contributed by atoms with Crippen molar-refractivity contribution in [2.75, 3.05) is 11.4 Å². The van der Waals surface area contributed by atoms with Crippen LogP contribution in [0.4, 0.5) is 10.1 Å². The summed E-state index contributed by atoms with van der Waals surface area (Å²) in [5.41, 5.74) is 0.866. The molecule has 0 atom stereocenters. The van der Waals surface area contributed by atoms with Crippen LogP contribution in [-0.2, 0) is 11.3 Å². The Balaban J connectivity index is 1.76. The minimum Gasteiger partial charge on any atom is -0.313 e. The van der Waals surface area contributed by atoms with Crippen LogP contribution < -0.4 is 10.5 Å². The summed E-state index contributed by atoms with van der Waals surface area (Å²) < 4.78 is 14.2. The van der Waals surface area contributed by atoms with Gasteiger partial charge in [-0.15, -0.1) is 5.10 Å². The number of carbonyl (C=O) groups excluding carboxylic acids is 1. The highest BCUT2D eigenvalue weighted by molar-refractivity contribution is 5.93. The van der Waals surface area contributed by atoms with E-state index in [4.69, 9.17) is 0 Å². The van der Waals surface area contributed by atoms with Crippen LogP contribution in [0.5, 0.6) is 0 Å².